The minimum absolute atomic E-state index is 0.191. The van der Waals surface area contributed by atoms with Crippen molar-refractivity contribution in [2.24, 2.45) is 5.73 Å². The van der Waals surface area contributed by atoms with Crippen LogP contribution in [0.15, 0.2) is 23.1 Å². The molecule has 1 aromatic rings. The quantitative estimate of drug-likeness (QED) is 0.884. The Balaban J connectivity index is 2.13. The van der Waals surface area contributed by atoms with Gasteiger partial charge < -0.3 is 5.73 Å². The molecule has 0 saturated heterocycles. The van der Waals surface area contributed by atoms with Crippen LogP contribution in [-0.4, -0.2) is 11.3 Å². The van der Waals surface area contributed by atoms with Gasteiger partial charge in [0.25, 0.3) is 0 Å². The summed E-state index contributed by atoms with van der Waals surface area (Å²) in [6.45, 7) is 2.05. The Morgan fingerprint density at radius 1 is 1.41 bits per heavy atom. The third kappa shape index (κ3) is 3.90. The van der Waals surface area contributed by atoms with Gasteiger partial charge in [0.15, 0.2) is 0 Å². The van der Waals surface area contributed by atoms with E-state index in [1.165, 1.54) is 36.1 Å². The summed E-state index contributed by atoms with van der Waals surface area (Å²) in [5, 5.41) is 1.61. The number of thioether (sulfide) groups is 1. The Hall–Kier alpha value is -0.180. The maximum absolute atomic E-state index is 6.07. The second-order valence-corrected chi connectivity index (χ2v) is 6.74. The smallest absolute Gasteiger partial charge is 0.0409 e. The molecule has 0 aromatic heterocycles. The van der Waals surface area contributed by atoms with E-state index < -0.39 is 0 Å². The number of nitrogens with two attached hydrogens (primary N) is 1. The number of hydrogen-bond donors (Lipinski definition) is 1. The highest BCUT2D eigenvalue weighted by Crippen LogP contribution is 2.37. The molecular weight excluding hydrogens is 250 g/mol. The van der Waals surface area contributed by atoms with E-state index in [4.69, 9.17) is 17.3 Å². The van der Waals surface area contributed by atoms with Gasteiger partial charge in [0.1, 0.15) is 0 Å². The SMILES string of the molecule is CC(N)Cc1cc(Cl)ccc1SC1CCCC1. The molecule has 1 aliphatic rings. The fraction of sp³-hybridized carbons (Fsp3) is 0.571. The van der Waals surface area contributed by atoms with Crippen LogP contribution in [0.1, 0.15) is 38.2 Å². The highest BCUT2D eigenvalue weighted by molar-refractivity contribution is 8.00. The highest BCUT2D eigenvalue weighted by Gasteiger charge is 2.18. The Morgan fingerprint density at radius 2 is 2.12 bits per heavy atom. The summed E-state index contributed by atoms with van der Waals surface area (Å²) in [5.41, 5.74) is 7.21. The van der Waals surface area contributed by atoms with Gasteiger partial charge in [-0.25, -0.2) is 0 Å². The lowest BCUT2D eigenvalue weighted by atomic mass is 10.1. The molecule has 1 aliphatic carbocycles. The normalized spacial score (nSPS) is 18.5. The first kappa shape index (κ1) is 13.3. The van der Waals surface area contributed by atoms with E-state index in [0.29, 0.717) is 0 Å². The molecule has 94 valence electrons. The average molecular weight is 270 g/mol. The van der Waals surface area contributed by atoms with Crippen LogP contribution in [0.4, 0.5) is 0 Å². The summed E-state index contributed by atoms with van der Waals surface area (Å²) in [6.07, 6.45) is 6.38. The largest absolute Gasteiger partial charge is 0.328 e. The number of hydrogen-bond acceptors (Lipinski definition) is 2. The first-order chi connectivity index (χ1) is 8.15. The zero-order valence-electron chi connectivity index (χ0n) is 10.3. The molecule has 1 unspecified atom stereocenters. The van der Waals surface area contributed by atoms with Crippen molar-refractivity contribution >= 4 is 23.4 Å². The van der Waals surface area contributed by atoms with E-state index in [-0.39, 0.29) is 6.04 Å². The van der Waals surface area contributed by atoms with Crippen molar-refractivity contribution in [3.05, 3.63) is 28.8 Å². The molecule has 0 heterocycles. The number of benzene rings is 1. The molecule has 2 rings (SSSR count). The molecule has 0 bridgehead atoms. The zero-order chi connectivity index (χ0) is 12.3. The van der Waals surface area contributed by atoms with E-state index >= 15 is 0 Å². The molecule has 17 heavy (non-hydrogen) atoms. The van der Waals surface area contributed by atoms with Crippen molar-refractivity contribution in [2.45, 2.75) is 55.2 Å². The van der Waals surface area contributed by atoms with Gasteiger partial charge in [0.2, 0.25) is 0 Å². The van der Waals surface area contributed by atoms with Crippen LogP contribution < -0.4 is 5.73 Å². The van der Waals surface area contributed by atoms with Crippen molar-refractivity contribution in [2.75, 3.05) is 0 Å². The van der Waals surface area contributed by atoms with E-state index in [9.17, 15) is 0 Å². The monoisotopic (exact) mass is 269 g/mol. The maximum atomic E-state index is 6.07. The van der Waals surface area contributed by atoms with Gasteiger partial charge in [-0.1, -0.05) is 24.4 Å². The molecule has 2 N–H and O–H groups in total. The van der Waals surface area contributed by atoms with Crippen LogP contribution in [0.5, 0.6) is 0 Å². The number of halogens is 1. The standard InChI is InChI=1S/C14H20ClNS/c1-10(16)8-11-9-12(15)6-7-14(11)17-13-4-2-3-5-13/h6-7,9-10,13H,2-5,8,16H2,1H3. The van der Waals surface area contributed by atoms with E-state index in [1.807, 2.05) is 24.8 Å². The minimum Gasteiger partial charge on any atom is -0.328 e. The molecule has 0 aliphatic heterocycles. The highest BCUT2D eigenvalue weighted by atomic mass is 35.5. The molecule has 1 aromatic carbocycles. The van der Waals surface area contributed by atoms with Gasteiger partial charge in [0.05, 0.1) is 0 Å². The summed E-state index contributed by atoms with van der Waals surface area (Å²) in [7, 11) is 0. The van der Waals surface area contributed by atoms with Gasteiger partial charge in [-0.2, -0.15) is 0 Å². The Bertz CT molecular complexity index is 372. The maximum Gasteiger partial charge on any atom is 0.0409 e. The molecule has 0 radical (unpaired) electrons. The van der Waals surface area contributed by atoms with Gasteiger partial charge in [0, 0.05) is 21.2 Å². The van der Waals surface area contributed by atoms with Crippen molar-refractivity contribution in [1.29, 1.82) is 0 Å². The summed E-state index contributed by atoms with van der Waals surface area (Å²) in [6, 6.07) is 6.41. The lowest BCUT2D eigenvalue weighted by Crippen LogP contribution is -2.18. The third-order valence-electron chi connectivity index (χ3n) is 3.16. The van der Waals surface area contributed by atoms with Gasteiger partial charge in [-0.3, -0.25) is 0 Å². The molecule has 3 heteroatoms. The van der Waals surface area contributed by atoms with Crippen LogP contribution in [0.3, 0.4) is 0 Å². The van der Waals surface area contributed by atoms with Crippen molar-refractivity contribution < 1.29 is 0 Å². The Kier molecular flexibility index (Phi) is 4.78. The van der Waals surface area contributed by atoms with E-state index in [2.05, 4.69) is 12.1 Å². The molecular formula is C14H20ClNS. The lowest BCUT2D eigenvalue weighted by Gasteiger charge is -2.15. The summed E-state index contributed by atoms with van der Waals surface area (Å²) < 4.78 is 0. The molecule has 0 spiro atoms. The first-order valence-electron chi connectivity index (χ1n) is 6.36. The van der Waals surface area contributed by atoms with Gasteiger partial charge >= 0.3 is 0 Å². The number of rotatable bonds is 4. The van der Waals surface area contributed by atoms with Crippen molar-refractivity contribution in [1.82, 2.24) is 0 Å². The van der Waals surface area contributed by atoms with Gasteiger partial charge in [-0.05, 0) is 49.9 Å². The van der Waals surface area contributed by atoms with Crippen molar-refractivity contribution in [3.63, 3.8) is 0 Å². The Labute approximate surface area is 113 Å². The van der Waals surface area contributed by atoms with Gasteiger partial charge in [-0.15, -0.1) is 11.8 Å². The Morgan fingerprint density at radius 3 is 2.76 bits per heavy atom. The fourth-order valence-corrected chi connectivity index (χ4v) is 3.92. The third-order valence-corrected chi connectivity index (χ3v) is 4.85. The second-order valence-electron chi connectivity index (χ2n) is 4.96. The minimum atomic E-state index is 0.191. The van der Waals surface area contributed by atoms with E-state index in [1.54, 1.807) is 0 Å². The van der Waals surface area contributed by atoms with E-state index in [0.717, 1.165) is 16.7 Å². The average Bonchev–Trinajstić information content (AvgIpc) is 2.74. The topological polar surface area (TPSA) is 26.0 Å². The summed E-state index contributed by atoms with van der Waals surface area (Å²) >= 11 is 8.08. The van der Waals surface area contributed by atoms with Crippen molar-refractivity contribution in [3.8, 4) is 0 Å². The molecule has 1 fully saturated rings. The second kappa shape index (κ2) is 6.12. The lowest BCUT2D eigenvalue weighted by molar-refractivity contribution is 0.729. The predicted molar refractivity (Wildman–Crippen MR) is 76.9 cm³/mol. The molecule has 1 atom stereocenters. The van der Waals surface area contributed by atoms with Crippen LogP contribution in [-0.2, 0) is 6.42 Å². The molecule has 1 saturated carbocycles. The molecule has 0 amide bonds. The van der Waals surface area contributed by atoms with Crippen LogP contribution in [0.2, 0.25) is 5.02 Å². The first-order valence-corrected chi connectivity index (χ1v) is 7.61. The van der Waals surface area contributed by atoms with Crippen LogP contribution in [0.25, 0.3) is 0 Å². The zero-order valence-corrected chi connectivity index (χ0v) is 11.9. The fourth-order valence-electron chi connectivity index (χ4n) is 2.36. The van der Waals surface area contributed by atoms with Crippen LogP contribution in [0, 0.1) is 0 Å². The predicted octanol–water partition coefficient (Wildman–Crippen LogP) is 4.26. The summed E-state index contributed by atoms with van der Waals surface area (Å²) in [4.78, 5) is 1.37. The summed E-state index contributed by atoms with van der Waals surface area (Å²) in [5.74, 6) is 0. The van der Waals surface area contributed by atoms with Crippen LogP contribution >= 0.6 is 23.4 Å². The molecule has 1 nitrogen and oxygen atoms in total.